The molecule has 3 rings (SSSR count). The van der Waals surface area contributed by atoms with Crippen molar-refractivity contribution < 1.29 is 19.0 Å². The highest BCUT2D eigenvalue weighted by molar-refractivity contribution is 5.92. The Morgan fingerprint density at radius 3 is 2.50 bits per heavy atom. The molecule has 2 heterocycles. The molecule has 2 saturated heterocycles. The Morgan fingerprint density at radius 1 is 1.36 bits per heavy atom. The number of ether oxygens (including phenoxy) is 1. The summed E-state index contributed by atoms with van der Waals surface area (Å²) in [5.74, 6) is -1.04. The van der Waals surface area contributed by atoms with Gasteiger partial charge in [0.25, 0.3) is 5.91 Å². The number of aliphatic hydroxyl groups is 1. The molecule has 2 aliphatic heterocycles. The average molecular weight is 312 g/mol. The van der Waals surface area contributed by atoms with Crippen molar-refractivity contribution in [1.82, 2.24) is 9.80 Å². The van der Waals surface area contributed by atoms with Gasteiger partial charge >= 0.3 is 0 Å². The van der Waals surface area contributed by atoms with Crippen LogP contribution >= 0.6 is 0 Å². The third-order valence-electron chi connectivity index (χ3n) is 5.28. The average Bonchev–Trinajstić information content (AvgIpc) is 3.26. The van der Waals surface area contributed by atoms with Gasteiger partial charge in [-0.15, -0.1) is 0 Å². The first-order valence-corrected chi connectivity index (χ1v) is 8.10. The van der Waals surface area contributed by atoms with Crippen LogP contribution in [0.5, 0.6) is 0 Å². The number of amides is 1. The van der Waals surface area contributed by atoms with Crippen LogP contribution in [0.4, 0.5) is 4.39 Å². The van der Waals surface area contributed by atoms with Crippen molar-refractivity contribution in [3.8, 4) is 0 Å². The van der Waals surface area contributed by atoms with Crippen molar-refractivity contribution in [3.63, 3.8) is 0 Å². The van der Waals surface area contributed by atoms with E-state index in [4.69, 9.17) is 4.74 Å². The Hall–Kier alpha value is -0.980. The molecule has 0 aromatic carbocycles. The molecule has 0 aromatic heterocycles. The fraction of sp³-hybridized carbons (Fsp3) is 0.812. The molecule has 1 saturated carbocycles. The van der Waals surface area contributed by atoms with Crippen molar-refractivity contribution in [2.24, 2.45) is 5.41 Å². The number of likely N-dealkylation sites (tertiary alicyclic amines) is 2. The smallest absolute Gasteiger partial charge is 0.282 e. The summed E-state index contributed by atoms with van der Waals surface area (Å²) < 4.78 is 19.4. The van der Waals surface area contributed by atoms with Crippen LogP contribution in [0.3, 0.4) is 0 Å². The van der Waals surface area contributed by atoms with Crippen molar-refractivity contribution in [1.29, 1.82) is 0 Å². The zero-order chi connectivity index (χ0) is 15.7. The van der Waals surface area contributed by atoms with Gasteiger partial charge in [0.15, 0.2) is 5.83 Å². The van der Waals surface area contributed by atoms with Crippen molar-refractivity contribution in [3.05, 3.63) is 11.4 Å². The topological polar surface area (TPSA) is 53.0 Å². The normalized spacial score (nSPS) is 25.0. The Morgan fingerprint density at radius 2 is 2.00 bits per heavy atom. The SMILES string of the molecule is COC1CN(C(=O)C(F)=C2CCN(CC3(CO)CC3)CC2)C1. The zero-order valence-electron chi connectivity index (χ0n) is 13.2. The molecule has 3 fully saturated rings. The lowest BCUT2D eigenvalue weighted by molar-refractivity contribution is -0.140. The third-order valence-corrected chi connectivity index (χ3v) is 5.28. The van der Waals surface area contributed by atoms with Crippen LogP contribution in [-0.4, -0.2) is 73.4 Å². The second kappa shape index (κ2) is 6.26. The first-order chi connectivity index (χ1) is 10.6. The predicted octanol–water partition coefficient (Wildman–Crippen LogP) is 0.935. The summed E-state index contributed by atoms with van der Waals surface area (Å²) in [4.78, 5) is 15.8. The molecular formula is C16H25FN2O3. The fourth-order valence-corrected chi connectivity index (χ4v) is 3.26. The Bertz CT molecular complexity index is 460. The van der Waals surface area contributed by atoms with E-state index in [1.807, 2.05) is 0 Å². The predicted molar refractivity (Wildman–Crippen MR) is 79.9 cm³/mol. The number of nitrogens with zero attached hydrogens (tertiary/aromatic N) is 2. The quantitative estimate of drug-likeness (QED) is 0.768. The van der Waals surface area contributed by atoms with E-state index >= 15 is 0 Å². The highest BCUT2D eigenvalue weighted by Crippen LogP contribution is 2.46. The largest absolute Gasteiger partial charge is 0.396 e. The van der Waals surface area contributed by atoms with Crippen LogP contribution in [0.15, 0.2) is 11.4 Å². The first kappa shape index (κ1) is 15.9. The van der Waals surface area contributed by atoms with Crippen LogP contribution in [0.2, 0.25) is 0 Å². The van der Waals surface area contributed by atoms with Crippen molar-refractivity contribution in [2.45, 2.75) is 31.8 Å². The van der Waals surface area contributed by atoms with Crippen LogP contribution in [0.25, 0.3) is 0 Å². The van der Waals surface area contributed by atoms with E-state index in [1.165, 1.54) is 4.90 Å². The first-order valence-electron chi connectivity index (χ1n) is 8.10. The second-order valence-corrected chi connectivity index (χ2v) is 6.92. The van der Waals surface area contributed by atoms with E-state index in [2.05, 4.69) is 4.90 Å². The Balaban J connectivity index is 1.50. The van der Waals surface area contributed by atoms with Crippen LogP contribution in [0.1, 0.15) is 25.7 Å². The summed E-state index contributed by atoms with van der Waals surface area (Å²) in [7, 11) is 1.61. The molecule has 1 aliphatic carbocycles. The molecule has 0 spiro atoms. The lowest BCUT2D eigenvalue weighted by Gasteiger charge is -2.38. The lowest BCUT2D eigenvalue weighted by Crippen LogP contribution is -2.54. The maximum atomic E-state index is 14.3. The molecule has 1 amide bonds. The summed E-state index contributed by atoms with van der Waals surface area (Å²) in [5, 5.41) is 9.38. The van der Waals surface area contributed by atoms with E-state index < -0.39 is 11.7 Å². The van der Waals surface area contributed by atoms with Gasteiger partial charge < -0.3 is 19.6 Å². The summed E-state index contributed by atoms with van der Waals surface area (Å²) in [5.41, 5.74) is 0.749. The summed E-state index contributed by atoms with van der Waals surface area (Å²) in [6.07, 6.45) is 3.45. The van der Waals surface area contributed by atoms with Gasteiger partial charge in [0.1, 0.15) is 0 Å². The number of halogens is 1. The van der Waals surface area contributed by atoms with Gasteiger partial charge in [-0.2, -0.15) is 0 Å². The second-order valence-electron chi connectivity index (χ2n) is 6.92. The van der Waals surface area contributed by atoms with Gasteiger partial charge in [0.2, 0.25) is 0 Å². The van der Waals surface area contributed by atoms with Crippen molar-refractivity contribution >= 4 is 5.91 Å². The van der Waals surface area contributed by atoms with Crippen molar-refractivity contribution in [2.75, 3.05) is 46.4 Å². The van der Waals surface area contributed by atoms with E-state index in [0.29, 0.717) is 31.5 Å². The minimum Gasteiger partial charge on any atom is -0.396 e. The molecular weight excluding hydrogens is 287 g/mol. The third kappa shape index (κ3) is 3.19. The minimum absolute atomic E-state index is 0.0526. The summed E-state index contributed by atoms with van der Waals surface area (Å²) >= 11 is 0. The molecule has 0 radical (unpaired) electrons. The molecule has 5 nitrogen and oxygen atoms in total. The van der Waals surface area contributed by atoms with Gasteiger partial charge in [0.05, 0.1) is 6.10 Å². The van der Waals surface area contributed by atoms with Crippen LogP contribution < -0.4 is 0 Å². The number of methoxy groups -OCH3 is 1. The van der Waals surface area contributed by atoms with E-state index in [-0.39, 0.29) is 18.1 Å². The van der Waals surface area contributed by atoms with Gasteiger partial charge in [-0.25, -0.2) is 4.39 Å². The van der Waals surface area contributed by atoms with Gasteiger partial charge in [-0.1, -0.05) is 0 Å². The van der Waals surface area contributed by atoms with E-state index in [9.17, 15) is 14.3 Å². The molecule has 0 unspecified atom stereocenters. The molecule has 124 valence electrons. The molecule has 0 bridgehead atoms. The summed E-state index contributed by atoms with van der Waals surface area (Å²) in [6, 6.07) is 0. The number of rotatable bonds is 5. The maximum Gasteiger partial charge on any atom is 0.282 e. The number of carbonyl (C=O) groups excluding carboxylic acids is 1. The van der Waals surface area contributed by atoms with Gasteiger partial charge in [-0.05, 0) is 31.3 Å². The number of aliphatic hydroxyl groups excluding tert-OH is 1. The number of hydrogen-bond donors (Lipinski definition) is 1. The van der Waals surface area contributed by atoms with Crippen LogP contribution in [0, 0.1) is 5.41 Å². The molecule has 0 aromatic rings. The molecule has 3 aliphatic rings. The van der Waals surface area contributed by atoms with Gasteiger partial charge in [-0.3, -0.25) is 4.79 Å². The molecule has 1 N–H and O–H groups in total. The maximum absolute atomic E-state index is 14.3. The molecule has 22 heavy (non-hydrogen) atoms. The lowest BCUT2D eigenvalue weighted by atomic mass is 9.99. The fourth-order valence-electron chi connectivity index (χ4n) is 3.26. The van der Waals surface area contributed by atoms with Crippen LogP contribution in [-0.2, 0) is 9.53 Å². The number of hydrogen-bond acceptors (Lipinski definition) is 4. The Kier molecular flexibility index (Phi) is 4.52. The standard InChI is InChI=1S/C16H25FN2O3/c1-22-13-8-19(9-13)15(21)14(17)12-2-6-18(7-3-12)10-16(11-20)4-5-16/h13,20H,2-11H2,1H3. The number of carbonyl (C=O) groups is 1. The monoisotopic (exact) mass is 312 g/mol. The van der Waals surface area contributed by atoms with E-state index in [1.54, 1.807) is 7.11 Å². The molecule has 6 heteroatoms. The highest BCUT2D eigenvalue weighted by atomic mass is 19.1. The van der Waals surface area contributed by atoms with E-state index in [0.717, 1.165) is 32.5 Å². The zero-order valence-corrected chi connectivity index (χ0v) is 13.2. The molecule has 0 atom stereocenters. The minimum atomic E-state index is -0.558. The van der Waals surface area contributed by atoms with Gasteiger partial charge in [0, 0.05) is 51.9 Å². The Labute approximate surface area is 130 Å². The highest BCUT2D eigenvalue weighted by Gasteiger charge is 2.43. The summed E-state index contributed by atoms with van der Waals surface area (Å²) in [6.45, 7) is 3.67. The number of piperidine rings is 1.